The maximum absolute atomic E-state index is 13.2. The van der Waals surface area contributed by atoms with E-state index in [1.54, 1.807) is 41.9 Å². The maximum atomic E-state index is 13.2. The molecule has 0 radical (unpaired) electrons. The van der Waals surface area contributed by atoms with Crippen LogP contribution in [0.25, 0.3) is 16.6 Å². The summed E-state index contributed by atoms with van der Waals surface area (Å²) in [7, 11) is 1.55. The van der Waals surface area contributed by atoms with Crippen molar-refractivity contribution in [3.05, 3.63) is 54.0 Å². The monoisotopic (exact) mass is 374 g/mol. The Balaban J connectivity index is 2.20. The number of anilines is 1. The van der Waals surface area contributed by atoms with E-state index in [-0.39, 0.29) is 11.7 Å². The van der Waals surface area contributed by atoms with Gasteiger partial charge in [0, 0.05) is 12.4 Å². The fourth-order valence-electron chi connectivity index (χ4n) is 2.85. The Morgan fingerprint density at radius 2 is 2.00 bits per heavy atom. The van der Waals surface area contributed by atoms with E-state index in [0.29, 0.717) is 28.8 Å². The molecule has 3 rings (SSSR count). The van der Waals surface area contributed by atoms with E-state index < -0.39 is 11.4 Å². The maximum Gasteiger partial charge on any atom is 0.270 e. The highest BCUT2D eigenvalue weighted by atomic mass is 32.2. The average molecular weight is 374 g/mol. The summed E-state index contributed by atoms with van der Waals surface area (Å²) in [5, 5.41) is 7.80. The molecule has 8 heteroatoms. The molecule has 0 bridgehead atoms. The fraction of sp³-hybridized carbons (Fsp3) is 0.222. The van der Waals surface area contributed by atoms with E-state index in [1.165, 1.54) is 16.8 Å². The number of hydrogen-bond donors (Lipinski definition) is 1. The first-order chi connectivity index (χ1) is 12.5. The molecule has 3 aromatic rings. The van der Waals surface area contributed by atoms with Crippen molar-refractivity contribution in [1.82, 2.24) is 15.1 Å². The molecule has 0 aliphatic rings. The number of aromatic nitrogens is 2. The van der Waals surface area contributed by atoms with Gasteiger partial charge in [-0.15, -0.1) is 0 Å². The van der Waals surface area contributed by atoms with Gasteiger partial charge in [0.05, 0.1) is 34.8 Å². The van der Waals surface area contributed by atoms with Gasteiger partial charge in [-0.25, -0.2) is 9.07 Å². The van der Waals surface area contributed by atoms with Gasteiger partial charge in [0.2, 0.25) is 0 Å². The highest BCUT2D eigenvalue weighted by molar-refractivity contribution is 7.92. The van der Waals surface area contributed by atoms with Crippen molar-refractivity contribution in [3.63, 3.8) is 0 Å². The number of carbonyl (C=O) groups excluding carboxylic acids is 1. The van der Waals surface area contributed by atoms with Crippen LogP contribution in [0.3, 0.4) is 0 Å². The third kappa shape index (κ3) is 3.25. The lowest BCUT2D eigenvalue weighted by atomic mass is 10.1. The average Bonchev–Trinajstić information content (AvgIpc) is 3.00. The Labute approximate surface area is 153 Å². The molecular weight excluding hydrogens is 355 g/mol. The molecule has 0 aliphatic carbocycles. The standard InChI is InChI=1S/C18H19FN4O2S/c1-4-22(26(3)25)14-9-10-15-16(11-14)21-23(17(15)18(24)20-2)13-7-5-12(19)6-8-13/h5-11H,4H2,1-3H3,(H,20,24). The normalized spacial score (nSPS) is 12.2. The van der Waals surface area contributed by atoms with Crippen LogP contribution >= 0.6 is 0 Å². The van der Waals surface area contributed by atoms with E-state index in [0.717, 1.165) is 5.69 Å². The summed E-state index contributed by atoms with van der Waals surface area (Å²) in [6.07, 6.45) is 1.61. The first-order valence-electron chi connectivity index (χ1n) is 8.08. The topological polar surface area (TPSA) is 73.2 Å². The van der Waals surface area contributed by atoms with Crippen LogP contribution in [0.1, 0.15) is 17.4 Å². The molecule has 0 aliphatic heterocycles. The number of rotatable bonds is 5. The minimum absolute atomic E-state index is 0.295. The van der Waals surface area contributed by atoms with Gasteiger partial charge in [-0.05, 0) is 49.4 Å². The Kier molecular flexibility index (Phi) is 5.15. The summed E-state index contributed by atoms with van der Waals surface area (Å²) in [4.78, 5) is 12.4. The van der Waals surface area contributed by atoms with Gasteiger partial charge in [0.1, 0.15) is 17.8 Å². The van der Waals surface area contributed by atoms with E-state index in [9.17, 15) is 13.7 Å². The van der Waals surface area contributed by atoms with Crippen molar-refractivity contribution >= 4 is 33.9 Å². The van der Waals surface area contributed by atoms with Crippen molar-refractivity contribution in [2.24, 2.45) is 0 Å². The van der Waals surface area contributed by atoms with Crippen molar-refractivity contribution in [2.45, 2.75) is 6.92 Å². The van der Waals surface area contributed by atoms with Crippen LogP contribution in [0, 0.1) is 5.82 Å². The second-order valence-electron chi connectivity index (χ2n) is 5.64. The molecule has 0 spiro atoms. The van der Waals surface area contributed by atoms with Crippen LogP contribution in [0.5, 0.6) is 0 Å². The van der Waals surface area contributed by atoms with E-state index in [2.05, 4.69) is 10.4 Å². The molecule has 0 saturated carbocycles. The van der Waals surface area contributed by atoms with Crippen molar-refractivity contribution in [2.75, 3.05) is 24.2 Å². The predicted octanol–water partition coefficient (Wildman–Crippen LogP) is 2.64. The number of nitrogens with zero attached hydrogens (tertiary/aromatic N) is 3. The van der Waals surface area contributed by atoms with Gasteiger partial charge in [0.15, 0.2) is 0 Å². The quantitative estimate of drug-likeness (QED) is 0.697. The van der Waals surface area contributed by atoms with Crippen molar-refractivity contribution in [3.8, 4) is 5.69 Å². The third-order valence-electron chi connectivity index (χ3n) is 4.05. The minimum atomic E-state index is -1.17. The smallest absolute Gasteiger partial charge is 0.270 e. The lowest BCUT2D eigenvalue weighted by Gasteiger charge is -2.21. The Hall–Kier alpha value is -2.58. The van der Waals surface area contributed by atoms with Gasteiger partial charge >= 0.3 is 0 Å². The van der Waals surface area contributed by atoms with Crippen LogP contribution in [-0.4, -0.2) is 40.1 Å². The lowest BCUT2D eigenvalue weighted by molar-refractivity contribution is 0.0957. The fourth-order valence-corrected chi connectivity index (χ4v) is 3.62. The van der Waals surface area contributed by atoms with Crippen LogP contribution in [-0.2, 0) is 11.4 Å². The molecule has 6 nitrogen and oxygen atoms in total. The zero-order valence-electron chi connectivity index (χ0n) is 14.7. The first kappa shape index (κ1) is 18.2. The number of carbonyl (C=O) groups is 1. The first-order valence-corrected chi connectivity index (χ1v) is 9.59. The number of hydrogen-bond acceptors (Lipinski definition) is 4. The molecule has 0 saturated heterocycles. The summed E-state index contributed by atoms with van der Waals surface area (Å²) in [6.45, 7) is 2.49. The SMILES string of the molecule is CCN(c1ccc2c(C(=O)NC)n(-c3ccc(F)cc3)nc2c1)[S+](C)[O-]. The molecule has 0 fully saturated rings. The minimum Gasteiger partial charge on any atom is -0.593 e. The summed E-state index contributed by atoms with van der Waals surface area (Å²) in [5.74, 6) is -0.658. The van der Waals surface area contributed by atoms with E-state index >= 15 is 0 Å². The highest BCUT2D eigenvalue weighted by Crippen LogP contribution is 2.27. The Morgan fingerprint density at radius 1 is 1.31 bits per heavy atom. The second kappa shape index (κ2) is 7.35. The predicted molar refractivity (Wildman–Crippen MR) is 102 cm³/mol. The molecule has 136 valence electrons. The van der Waals surface area contributed by atoms with Crippen LogP contribution in [0.2, 0.25) is 0 Å². The van der Waals surface area contributed by atoms with Crippen molar-refractivity contribution < 1.29 is 13.7 Å². The number of halogens is 1. The van der Waals surface area contributed by atoms with E-state index in [4.69, 9.17) is 0 Å². The van der Waals surface area contributed by atoms with Crippen LogP contribution in [0.15, 0.2) is 42.5 Å². The molecule has 1 amide bonds. The Morgan fingerprint density at radius 3 is 2.58 bits per heavy atom. The highest BCUT2D eigenvalue weighted by Gasteiger charge is 2.21. The Bertz CT molecular complexity index is 940. The van der Waals surface area contributed by atoms with Gasteiger partial charge in [-0.2, -0.15) is 9.40 Å². The van der Waals surface area contributed by atoms with Gasteiger partial charge < -0.3 is 9.87 Å². The van der Waals surface area contributed by atoms with Gasteiger partial charge in [-0.3, -0.25) is 4.79 Å². The molecule has 1 aromatic heterocycles. The largest absolute Gasteiger partial charge is 0.593 e. The molecular formula is C18H19FN4O2S. The third-order valence-corrected chi connectivity index (χ3v) is 5.14. The van der Waals surface area contributed by atoms with Crippen LogP contribution in [0.4, 0.5) is 10.1 Å². The summed E-state index contributed by atoms with van der Waals surface area (Å²) in [6, 6.07) is 11.2. The second-order valence-corrected chi connectivity index (χ2v) is 6.92. The summed E-state index contributed by atoms with van der Waals surface area (Å²) < 4.78 is 28.4. The van der Waals surface area contributed by atoms with E-state index in [1.807, 2.05) is 13.0 Å². The summed E-state index contributed by atoms with van der Waals surface area (Å²) in [5.41, 5.74) is 2.29. The molecule has 1 atom stereocenters. The zero-order chi connectivity index (χ0) is 18.8. The van der Waals surface area contributed by atoms with Gasteiger partial charge in [-0.1, -0.05) is 0 Å². The number of amides is 1. The van der Waals surface area contributed by atoms with Crippen LogP contribution < -0.4 is 9.62 Å². The zero-order valence-corrected chi connectivity index (χ0v) is 15.5. The number of benzene rings is 2. The van der Waals surface area contributed by atoms with Crippen molar-refractivity contribution in [1.29, 1.82) is 0 Å². The van der Waals surface area contributed by atoms with Gasteiger partial charge in [0.25, 0.3) is 5.91 Å². The number of fused-ring (bicyclic) bond motifs is 1. The summed E-state index contributed by atoms with van der Waals surface area (Å²) >= 11 is -1.17. The molecule has 1 heterocycles. The molecule has 1 unspecified atom stereocenters. The number of nitrogens with one attached hydrogen (secondary N) is 1. The molecule has 2 aromatic carbocycles. The lowest BCUT2D eigenvalue weighted by Crippen LogP contribution is -2.29. The molecule has 26 heavy (non-hydrogen) atoms. The molecule has 1 N–H and O–H groups in total.